The van der Waals surface area contributed by atoms with Gasteiger partial charge in [-0.05, 0) is 19.8 Å². The van der Waals surface area contributed by atoms with Gasteiger partial charge in [0.1, 0.15) is 5.69 Å². The highest BCUT2D eigenvalue weighted by molar-refractivity contribution is 5.45. The van der Waals surface area contributed by atoms with Crippen LogP contribution in [0, 0.1) is 23.0 Å². The lowest BCUT2D eigenvalue weighted by atomic mass is 10.1. The van der Waals surface area contributed by atoms with E-state index in [1.165, 1.54) is 0 Å². The Hall–Kier alpha value is -1.67. The molecule has 1 aromatic heterocycles. The minimum atomic E-state index is -0.461. The molecule has 1 N–H and O–H groups in total. The monoisotopic (exact) mass is 299 g/mol. The van der Waals surface area contributed by atoms with Gasteiger partial charge in [-0.15, -0.1) is 5.10 Å². The number of aromatic nitrogens is 2. The fraction of sp³-hybridized carbons (Fsp3) is 0.769. The predicted molar refractivity (Wildman–Crippen MR) is 74.5 cm³/mol. The number of rotatable bonds is 6. The van der Waals surface area contributed by atoms with Gasteiger partial charge < -0.3 is 14.6 Å². The quantitative estimate of drug-likeness (QED) is 0.630. The van der Waals surface area contributed by atoms with E-state index in [-0.39, 0.29) is 36.7 Å². The van der Waals surface area contributed by atoms with Crippen LogP contribution in [0.25, 0.3) is 0 Å². The second kappa shape index (κ2) is 6.86. The van der Waals surface area contributed by atoms with Crippen molar-refractivity contribution in [3.05, 3.63) is 15.8 Å². The van der Waals surface area contributed by atoms with Gasteiger partial charge in [-0.2, -0.15) is 0 Å². The molecule has 8 nitrogen and oxygen atoms in total. The molecule has 1 fully saturated rings. The van der Waals surface area contributed by atoms with Crippen LogP contribution >= 0.6 is 0 Å². The molecule has 1 saturated heterocycles. The molecule has 2 heterocycles. The summed E-state index contributed by atoms with van der Waals surface area (Å²) in [6, 6.07) is 0.102. The van der Waals surface area contributed by atoms with Crippen LogP contribution in [0.5, 0.6) is 5.88 Å². The van der Waals surface area contributed by atoms with E-state index < -0.39 is 4.92 Å². The minimum Gasteiger partial charge on any atom is -0.471 e. The number of aliphatic hydroxyl groups is 1. The smallest absolute Gasteiger partial charge is 0.352 e. The van der Waals surface area contributed by atoms with Crippen LogP contribution in [0.4, 0.5) is 5.69 Å². The first-order valence-corrected chi connectivity index (χ1v) is 7.09. The molecular weight excluding hydrogens is 278 g/mol. The van der Waals surface area contributed by atoms with Gasteiger partial charge in [0.05, 0.1) is 17.6 Å². The third-order valence-electron chi connectivity index (χ3n) is 3.62. The largest absolute Gasteiger partial charge is 0.471 e. The maximum Gasteiger partial charge on any atom is 0.352 e. The van der Waals surface area contributed by atoms with Crippen molar-refractivity contribution in [1.82, 2.24) is 9.78 Å². The molecule has 2 rings (SSSR count). The van der Waals surface area contributed by atoms with E-state index in [1.54, 1.807) is 18.5 Å². The van der Waals surface area contributed by atoms with Crippen molar-refractivity contribution in [1.29, 1.82) is 0 Å². The Morgan fingerprint density at radius 1 is 1.57 bits per heavy atom. The molecule has 0 aromatic carbocycles. The first kappa shape index (κ1) is 15.7. The summed E-state index contributed by atoms with van der Waals surface area (Å²) in [5.41, 5.74) is 0.408. The maximum absolute atomic E-state index is 11.3. The average Bonchev–Trinajstić information content (AvgIpc) is 2.82. The topological polar surface area (TPSA) is 99.7 Å². The maximum atomic E-state index is 11.3. The van der Waals surface area contributed by atoms with E-state index in [2.05, 4.69) is 5.10 Å². The van der Waals surface area contributed by atoms with Crippen molar-refractivity contribution in [2.24, 2.45) is 5.92 Å². The van der Waals surface area contributed by atoms with Crippen LogP contribution in [0.1, 0.15) is 31.5 Å². The molecule has 0 spiro atoms. The molecule has 21 heavy (non-hydrogen) atoms. The Kier molecular flexibility index (Phi) is 5.13. The number of ether oxygens (including phenoxy) is 2. The Morgan fingerprint density at radius 3 is 2.81 bits per heavy atom. The van der Waals surface area contributed by atoms with Crippen LogP contribution in [0.2, 0.25) is 0 Å². The third-order valence-corrected chi connectivity index (χ3v) is 3.62. The standard InChI is InChI=1S/C13H21N3O5/c1-9(7-17)8-21-13-12(16(18)19)10(2)15(14-13)11-3-5-20-6-4-11/h9,11,17H,3-8H2,1-2H3/t9-/m1/s1. The summed E-state index contributed by atoms with van der Waals surface area (Å²) in [6.07, 6.45) is 1.57. The van der Waals surface area contributed by atoms with E-state index in [0.29, 0.717) is 18.9 Å². The van der Waals surface area contributed by atoms with E-state index >= 15 is 0 Å². The van der Waals surface area contributed by atoms with Gasteiger partial charge in [-0.3, -0.25) is 14.8 Å². The molecule has 0 saturated carbocycles. The second-order valence-electron chi connectivity index (χ2n) is 5.38. The van der Waals surface area contributed by atoms with Gasteiger partial charge in [-0.1, -0.05) is 6.92 Å². The van der Waals surface area contributed by atoms with E-state index in [0.717, 1.165) is 12.8 Å². The Morgan fingerprint density at radius 2 is 2.24 bits per heavy atom. The Labute approximate surface area is 122 Å². The molecule has 0 amide bonds. The summed E-state index contributed by atoms with van der Waals surface area (Å²) in [6.45, 7) is 4.91. The van der Waals surface area contributed by atoms with Crippen LogP contribution < -0.4 is 4.74 Å². The van der Waals surface area contributed by atoms with Gasteiger partial charge >= 0.3 is 11.6 Å². The van der Waals surface area contributed by atoms with Crippen LogP contribution in [-0.4, -0.2) is 46.2 Å². The first-order valence-electron chi connectivity index (χ1n) is 7.09. The van der Waals surface area contributed by atoms with Crippen LogP contribution in [0.3, 0.4) is 0 Å². The lowest BCUT2D eigenvalue weighted by molar-refractivity contribution is -0.386. The number of hydrogen-bond donors (Lipinski definition) is 1. The van der Waals surface area contributed by atoms with Crippen LogP contribution in [0.15, 0.2) is 0 Å². The first-order chi connectivity index (χ1) is 10.0. The van der Waals surface area contributed by atoms with E-state index in [1.807, 2.05) is 0 Å². The Bertz CT molecular complexity index is 496. The Balaban J connectivity index is 2.24. The summed E-state index contributed by atoms with van der Waals surface area (Å²) in [5, 5.41) is 24.5. The highest BCUT2D eigenvalue weighted by Gasteiger charge is 2.30. The SMILES string of the molecule is Cc1c([N+](=O)[O-])c(OC[C@H](C)CO)nn1C1CCOCC1. The lowest BCUT2D eigenvalue weighted by Gasteiger charge is -2.22. The van der Waals surface area contributed by atoms with Crippen molar-refractivity contribution in [2.45, 2.75) is 32.7 Å². The molecule has 1 aliphatic heterocycles. The van der Waals surface area contributed by atoms with Crippen molar-refractivity contribution >= 4 is 5.69 Å². The van der Waals surface area contributed by atoms with Crippen molar-refractivity contribution in [3.63, 3.8) is 0 Å². The van der Waals surface area contributed by atoms with Crippen molar-refractivity contribution in [3.8, 4) is 5.88 Å². The molecular formula is C13H21N3O5. The number of hydrogen-bond acceptors (Lipinski definition) is 6. The molecule has 118 valence electrons. The van der Waals surface area contributed by atoms with E-state index in [4.69, 9.17) is 14.6 Å². The van der Waals surface area contributed by atoms with Crippen molar-refractivity contribution in [2.75, 3.05) is 26.4 Å². The molecule has 0 radical (unpaired) electrons. The summed E-state index contributed by atoms with van der Waals surface area (Å²) < 4.78 is 12.4. The van der Waals surface area contributed by atoms with Gasteiger partial charge in [0, 0.05) is 25.7 Å². The highest BCUT2D eigenvalue weighted by atomic mass is 16.6. The number of nitro groups is 1. The molecule has 1 aromatic rings. The average molecular weight is 299 g/mol. The second-order valence-corrected chi connectivity index (χ2v) is 5.38. The van der Waals surface area contributed by atoms with Crippen molar-refractivity contribution < 1.29 is 19.5 Å². The third kappa shape index (κ3) is 3.51. The zero-order chi connectivity index (χ0) is 15.4. The predicted octanol–water partition coefficient (Wildman–Crippen LogP) is 1.46. The zero-order valence-electron chi connectivity index (χ0n) is 12.3. The fourth-order valence-corrected chi connectivity index (χ4v) is 2.35. The highest BCUT2D eigenvalue weighted by Crippen LogP contribution is 2.34. The molecule has 0 aliphatic carbocycles. The normalized spacial score (nSPS) is 17.7. The summed E-state index contributed by atoms with van der Waals surface area (Å²) >= 11 is 0. The molecule has 8 heteroatoms. The van der Waals surface area contributed by atoms with Gasteiger partial charge in [0.25, 0.3) is 0 Å². The van der Waals surface area contributed by atoms with Gasteiger partial charge in [-0.25, -0.2) is 0 Å². The summed E-state index contributed by atoms with van der Waals surface area (Å²) in [7, 11) is 0. The van der Waals surface area contributed by atoms with Gasteiger partial charge in [0.15, 0.2) is 0 Å². The van der Waals surface area contributed by atoms with E-state index in [9.17, 15) is 10.1 Å². The molecule has 1 atom stereocenters. The minimum absolute atomic E-state index is 0.0318. The fourth-order valence-electron chi connectivity index (χ4n) is 2.35. The number of aliphatic hydroxyl groups excluding tert-OH is 1. The van der Waals surface area contributed by atoms with Crippen LogP contribution in [-0.2, 0) is 4.74 Å². The zero-order valence-corrected chi connectivity index (χ0v) is 12.3. The summed E-state index contributed by atoms with van der Waals surface area (Å²) in [4.78, 5) is 10.8. The lowest BCUT2D eigenvalue weighted by Crippen LogP contribution is -2.21. The number of nitrogens with zero attached hydrogens (tertiary/aromatic N) is 3. The molecule has 0 unspecified atom stereocenters. The molecule has 1 aliphatic rings. The summed E-state index contributed by atoms with van der Waals surface area (Å²) in [5.74, 6) is -0.0672. The van der Waals surface area contributed by atoms with Gasteiger partial charge in [0.2, 0.25) is 0 Å². The molecule has 0 bridgehead atoms.